The third-order valence-corrected chi connectivity index (χ3v) is 4.12. The monoisotopic (exact) mass is 325 g/mol. The van der Waals surface area contributed by atoms with Gasteiger partial charge in [-0.3, -0.25) is 0 Å². The summed E-state index contributed by atoms with van der Waals surface area (Å²) in [7, 11) is 2.11. The number of nitrogens with one attached hydrogen (secondary N) is 2. The van der Waals surface area contributed by atoms with E-state index in [2.05, 4.69) is 22.6 Å². The van der Waals surface area contributed by atoms with Gasteiger partial charge >= 0.3 is 6.03 Å². The molecule has 1 fully saturated rings. The Hall–Kier alpha value is -2.53. The maximum Gasteiger partial charge on any atom is 0.319 e. The molecule has 0 spiro atoms. The predicted molar refractivity (Wildman–Crippen MR) is 95.6 cm³/mol. The molecule has 1 aliphatic rings. The Morgan fingerprint density at radius 1 is 1.04 bits per heavy atom. The van der Waals surface area contributed by atoms with Gasteiger partial charge in [-0.15, -0.1) is 0 Å². The lowest BCUT2D eigenvalue weighted by Gasteiger charge is -2.29. The number of nitrogens with zero attached hydrogens (tertiary/aromatic N) is 1. The molecule has 2 N–H and O–H groups in total. The van der Waals surface area contributed by atoms with E-state index in [1.54, 1.807) is 0 Å². The van der Waals surface area contributed by atoms with Crippen molar-refractivity contribution in [3.63, 3.8) is 0 Å². The van der Waals surface area contributed by atoms with Crippen LogP contribution in [0.1, 0.15) is 12.8 Å². The molecule has 24 heavy (non-hydrogen) atoms. The van der Waals surface area contributed by atoms with Crippen molar-refractivity contribution in [2.75, 3.05) is 25.5 Å². The summed E-state index contributed by atoms with van der Waals surface area (Å²) >= 11 is 0. The van der Waals surface area contributed by atoms with E-state index in [0.29, 0.717) is 11.4 Å². The van der Waals surface area contributed by atoms with E-state index < -0.39 is 0 Å². The summed E-state index contributed by atoms with van der Waals surface area (Å²) in [6.07, 6.45) is 1.97. The number of hydrogen-bond donors (Lipinski definition) is 2. The molecule has 0 aromatic heterocycles. The molecule has 1 saturated heterocycles. The second-order valence-corrected chi connectivity index (χ2v) is 6.12. The Morgan fingerprint density at radius 2 is 1.75 bits per heavy atom. The summed E-state index contributed by atoms with van der Waals surface area (Å²) in [6, 6.07) is 17.1. The number of anilines is 1. The SMILES string of the molecule is CN1CCC(NC(=O)Nc2cccc(Oc3ccccc3)c2)CC1. The molecule has 0 aliphatic carbocycles. The van der Waals surface area contributed by atoms with Crippen LogP contribution in [-0.2, 0) is 0 Å². The van der Waals surface area contributed by atoms with Crippen LogP contribution in [0, 0.1) is 0 Å². The van der Waals surface area contributed by atoms with Gasteiger partial charge in [-0.2, -0.15) is 0 Å². The maximum atomic E-state index is 12.2. The largest absolute Gasteiger partial charge is 0.457 e. The molecule has 2 aromatic carbocycles. The normalized spacial score (nSPS) is 15.7. The summed E-state index contributed by atoms with van der Waals surface area (Å²) in [4.78, 5) is 14.4. The quantitative estimate of drug-likeness (QED) is 0.901. The zero-order chi connectivity index (χ0) is 16.8. The molecular formula is C19H23N3O2. The van der Waals surface area contributed by atoms with Crippen molar-refractivity contribution in [1.29, 1.82) is 0 Å². The molecule has 0 bridgehead atoms. The molecule has 2 amide bonds. The standard InChI is InChI=1S/C19H23N3O2/c1-22-12-10-15(11-13-22)20-19(23)21-16-6-5-9-18(14-16)24-17-7-3-2-4-8-17/h2-9,14-15H,10-13H2,1H3,(H2,20,21,23). The van der Waals surface area contributed by atoms with Gasteiger partial charge in [0.2, 0.25) is 0 Å². The smallest absolute Gasteiger partial charge is 0.319 e. The first-order valence-electron chi connectivity index (χ1n) is 8.28. The highest BCUT2D eigenvalue weighted by Crippen LogP contribution is 2.23. The fourth-order valence-corrected chi connectivity index (χ4v) is 2.77. The first-order valence-corrected chi connectivity index (χ1v) is 8.28. The lowest BCUT2D eigenvalue weighted by atomic mass is 10.1. The second kappa shape index (κ2) is 7.84. The molecule has 5 nitrogen and oxygen atoms in total. The van der Waals surface area contributed by atoms with E-state index in [4.69, 9.17) is 4.74 Å². The van der Waals surface area contributed by atoms with Gasteiger partial charge in [0, 0.05) is 17.8 Å². The van der Waals surface area contributed by atoms with Gasteiger partial charge in [0.05, 0.1) is 0 Å². The number of hydrogen-bond acceptors (Lipinski definition) is 3. The van der Waals surface area contributed by atoms with Crippen LogP contribution in [0.25, 0.3) is 0 Å². The number of amides is 2. The molecule has 1 heterocycles. The molecule has 0 atom stereocenters. The minimum absolute atomic E-state index is 0.165. The van der Waals surface area contributed by atoms with Crippen molar-refractivity contribution in [3.8, 4) is 11.5 Å². The first-order chi connectivity index (χ1) is 11.7. The fraction of sp³-hybridized carbons (Fsp3) is 0.316. The zero-order valence-corrected chi connectivity index (χ0v) is 13.9. The first kappa shape index (κ1) is 16.3. The van der Waals surface area contributed by atoms with Crippen molar-refractivity contribution in [2.45, 2.75) is 18.9 Å². The maximum absolute atomic E-state index is 12.2. The molecule has 5 heteroatoms. The molecule has 1 aliphatic heterocycles. The lowest BCUT2D eigenvalue weighted by molar-refractivity contribution is 0.221. The molecule has 126 valence electrons. The molecule has 2 aromatic rings. The second-order valence-electron chi connectivity index (χ2n) is 6.12. The minimum atomic E-state index is -0.165. The van der Waals surface area contributed by atoms with Gasteiger partial charge in [0.1, 0.15) is 11.5 Å². The summed E-state index contributed by atoms with van der Waals surface area (Å²) < 4.78 is 5.79. The van der Waals surface area contributed by atoms with Gasteiger partial charge in [0.15, 0.2) is 0 Å². The number of carbonyl (C=O) groups excluding carboxylic acids is 1. The summed E-state index contributed by atoms with van der Waals surface area (Å²) in [6.45, 7) is 2.04. The van der Waals surface area contributed by atoms with Crippen LogP contribution < -0.4 is 15.4 Å². The average molecular weight is 325 g/mol. The van der Waals surface area contributed by atoms with Crippen molar-refractivity contribution in [1.82, 2.24) is 10.2 Å². The van der Waals surface area contributed by atoms with E-state index in [0.717, 1.165) is 31.7 Å². The fourth-order valence-electron chi connectivity index (χ4n) is 2.77. The third-order valence-electron chi connectivity index (χ3n) is 4.12. The summed E-state index contributed by atoms with van der Waals surface area (Å²) in [5.41, 5.74) is 0.717. The van der Waals surface area contributed by atoms with Gasteiger partial charge in [-0.25, -0.2) is 4.79 Å². The molecule has 0 radical (unpaired) electrons. The number of urea groups is 1. The highest BCUT2D eigenvalue weighted by Gasteiger charge is 2.18. The zero-order valence-electron chi connectivity index (χ0n) is 13.9. The molecule has 3 rings (SSSR count). The number of ether oxygens (including phenoxy) is 1. The lowest BCUT2D eigenvalue weighted by Crippen LogP contribution is -2.44. The highest BCUT2D eigenvalue weighted by atomic mass is 16.5. The number of rotatable bonds is 4. The number of likely N-dealkylation sites (tertiary alicyclic amines) is 1. The summed E-state index contributed by atoms with van der Waals surface area (Å²) in [5, 5.41) is 5.92. The van der Waals surface area contributed by atoms with E-state index in [9.17, 15) is 4.79 Å². The number of para-hydroxylation sites is 1. The number of carbonyl (C=O) groups is 1. The minimum Gasteiger partial charge on any atom is -0.457 e. The number of piperidine rings is 1. The third kappa shape index (κ3) is 4.73. The van der Waals surface area contributed by atoms with Crippen LogP contribution in [0.15, 0.2) is 54.6 Å². The van der Waals surface area contributed by atoms with Gasteiger partial charge in [0.25, 0.3) is 0 Å². The molecule has 0 saturated carbocycles. The van der Waals surface area contributed by atoms with Crippen LogP contribution in [-0.4, -0.2) is 37.1 Å². The molecule has 0 unspecified atom stereocenters. The van der Waals surface area contributed by atoms with Gasteiger partial charge < -0.3 is 20.3 Å². The van der Waals surface area contributed by atoms with E-state index in [1.807, 2.05) is 54.6 Å². The van der Waals surface area contributed by atoms with E-state index in [-0.39, 0.29) is 12.1 Å². The van der Waals surface area contributed by atoms with Crippen molar-refractivity contribution < 1.29 is 9.53 Å². The Morgan fingerprint density at radius 3 is 2.50 bits per heavy atom. The van der Waals surface area contributed by atoms with Crippen LogP contribution in [0.5, 0.6) is 11.5 Å². The number of benzene rings is 2. The van der Waals surface area contributed by atoms with Crippen molar-refractivity contribution in [2.24, 2.45) is 0 Å². The Bertz CT molecular complexity index is 667. The Kier molecular flexibility index (Phi) is 5.33. The van der Waals surface area contributed by atoms with Crippen LogP contribution in [0.4, 0.5) is 10.5 Å². The van der Waals surface area contributed by atoms with E-state index in [1.165, 1.54) is 0 Å². The van der Waals surface area contributed by atoms with Gasteiger partial charge in [-0.1, -0.05) is 24.3 Å². The van der Waals surface area contributed by atoms with Crippen LogP contribution in [0.3, 0.4) is 0 Å². The average Bonchev–Trinajstić information content (AvgIpc) is 2.58. The van der Waals surface area contributed by atoms with Gasteiger partial charge in [-0.05, 0) is 57.2 Å². The Balaban J connectivity index is 1.55. The van der Waals surface area contributed by atoms with Crippen molar-refractivity contribution in [3.05, 3.63) is 54.6 Å². The van der Waals surface area contributed by atoms with Crippen LogP contribution in [0.2, 0.25) is 0 Å². The predicted octanol–water partition coefficient (Wildman–Crippen LogP) is 3.69. The van der Waals surface area contributed by atoms with E-state index >= 15 is 0 Å². The topological polar surface area (TPSA) is 53.6 Å². The van der Waals surface area contributed by atoms with Crippen LogP contribution >= 0.6 is 0 Å². The summed E-state index contributed by atoms with van der Waals surface area (Å²) in [5.74, 6) is 1.46. The van der Waals surface area contributed by atoms with Crippen molar-refractivity contribution >= 4 is 11.7 Å². The highest BCUT2D eigenvalue weighted by molar-refractivity contribution is 5.89. The molecular weight excluding hydrogens is 302 g/mol. The Labute approximate surface area is 142 Å².